The maximum absolute atomic E-state index is 13.5. The average Bonchev–Trinajstić information content (AvgIpc) is 3.09. The number of hydrogen-bond donors (Lipinski definition) is 2. The van der Waals surface area contributed by atoms with E-state index < -0.39 is 23.8 Å². The lowest BCUT2D eigenvalue weighted by Crippen LogP contribution is -2.48. The zero-order valence-electron chi connectivity index (χ0n) is 17.4. The molecule has 33 heavy (non-hydrogen) atoms. The number of anilines is 1. The van der Waals surface area contributed by atoms with E-state index in [4.69, 9.17) is 0 Å². The second-order valence-electron chi connectivity index (χ2n) is 7.78. The number of imide groups is 1. The molecule has 7 nitrogen and oxygen atoms in total. The van der Waals surface area contributed by atoms with Crippen LogP contribution in [0.2, 0.25) is 0 Å². The number of carbonyl (C=O) groups is 3. The fraction of sp³-hybridized carbons (Fsp3) is 0.0769. The van der Waals surface area contributed by atoms with Crippen molar-refractivity contribution in [3.8, 4) is 5.75 Å². The number of phenolic OH excluding ortho intramolecular Hbond substituents is 1. The van der Waals surface area contributed by atoms with Crippen LogP contribution in [-0.2, 0) is 11.2 Å². The van der Waals surface area contributed by atoms with Gasteiger partial charge in [0.25, 0.3) is 11.8 Å². The van der Waals surface area contributed by atoms with Crippen LogP contribution in [0.4, 0.5) is 5.69 Å². The number of phenols is 1. The zero-order valence-corrected chi connectivity index (χ0v) is 17.4. The Hall–Kier alpha value is -4.52. The minimum Gasteiger partial charge on any atom is -0.508 e. The Bertz CT molecular complexity index is 1360. The topological polar surface area (TPSA) is 99.6 Å². The lowest BCUT2D eigenvalue weighted by molar-refractivity contribution is -0.119. The predicted molar refractivity (Wildman–Crippen MR) is 123 cm³/mol. The minimum absolute atomic E-state index is 0.0855. The second-order valence-corrected chi connectivity index (χ2v) is 7.78. The smallest absolute Gasteiger partial charge is 0.262 e. The van der Waals surface area contributed by atoms with E-state index in [0.717, 1.165) is 10.3 Å². The van der Waals surface area contributed by atoms with E-state index in [1.807, 2.05) is 12.1 Å². The summed E-state index contributed by atoms with van der Waals surface area (Å²) in [5.74, 6) is -1.44. The molecule has 5 rings (SSSR count). The lowest BCUT2D eigenvalue weighted by Gasteiger charge is -2.25. The van der Waals surface area contributed by atoms with Crippen LogP contribution in [0.1, 0.15) is 26.3 Å². The molecule has 3 amide bonds. The Morgan fingerprint density at radius 2 is 1.55 bits per heavy atom. The lowest BCUT2D eigenvalue weighted by atomic mass is 10.0. The number of carbonyl (C=O) groups excluding carboxylic acids is 3. The summed E-state index contributed by atoms with van der Waals surface area (Å²) >= 11 is 0. The molecule has 3 aromatic carbocycles. The highest BCUT2D eigenvalue weighted by atomic mass is 16.3. The zero-order chi connectivity index (χ0) is 22.9. The third-order valence-electron chi connectivity index (χ3n) is 5.70. The molecule has 2 heterocycles. The van der Waals surface area contributed by atoms with E-state index >= 15 is 0 Å². The molecule has 1 aliphatic rings. The Labute approximate surface area is 189 Å². The normalized spacial score (nSPS) is 13.8. The molecular weight excluding hydrogens is 418 g/mol. The molecule has 0 saturated carbocycles. The van der Waals surface area contributed by atoms with Crippen molar-refractivity contribution in [3.05, 3.63) is 102 Å². The number of nitrogens with one attached hydrogen (secondary N) is 1. The second kappa shape index (κ2) is 8.20. The van der Waals surface area contributed by atoms with Crippen LogP contribution in [0.25, 0.3) is 10.9 Å². The van der Waals surface area contributed by atoms with Gasteiger partial charge in [0.15, 0.2) is 0 Å². The molecule has 162 valence electrons. The fourth-order valence-electron chi connectivity index (χ4n) is 4.07. The van der Waals surface area contributed by atoms with Crippen molar-refractivity contribution in [3.63, 3.8) is 0 Å². The van der Waals surface area contributed by atoms with Crippen LogP contribution in [-0.4, -0.2) is 38.8 Å². The van der Waals surface area contributed by atoms with Gasteiger partial charge in [-0.2, -0.15) is 0 Å². The predicted octanol–water partition coefficient (Wildman–Crippen LogP) is 3.79. The molecule has 7 heteroatoms. The largest absolute Gasteiger partial charge is 0.508 e. The summed E-state index contributed by atoms with van der Waals surface area (Å²) in [6.45, 7) is 0. The van der Waals surface area contributed by atoms with Crippen molar-refractivity contribution in [2.75, 3.05) is 5.32 Å². The summed E-state index contributed by atoms with van der Waals surface area (Å²) in [4.78, 5) is 45.2. The van der Waals surface area contributed by atoms with E-state index in [-0.39, 0.29) is 23.3 Å². The van der Waals surface area contributed by atoms with E-state index in [9.17, 15) is 19.5 Å². The molecule has 0 bridgehead atoms. The van der Waals surface area contributed by atoms with Crippen LogP contribution in [0, 0.1) is 0 Å². The molecule has 0 aliphatic carbocycles. The molecule has 0 spiro atoms. The number of hydrogen-bond acceptors (Lipinski definition) is 5. The number of para-hydroxylation sites is 1. The third-order valence-corrected chi connectivity index (χ3v) is 5.70. The van der Waals surface area contributed by atoms with Crippen molar-refractivity contribution in [1.29, 1.82) is 0 Å². The first-order valence-electron chi connectivity index (χ1n) is 10.4. The van der Waals surface area contributed by atoms with Gasteiger partial charge in [-0.1, -0.05) is 42.5 Å². The Balaban J connectivity index is 1.52. The quantitative estimate of drug-likeness (QED) is 0.463. The molecule has 0 fully saturated rings. The molecule has 0 saturated heterocycles. The average molecular weight is 437 g/mol. The molecule has 0 radical (unpaired) electrons. The summed E-state index contributed by atoms with van der Waals surface area (Å²) in [6, 6.07) is 20.9. The molecule has 1 aliphatic heterocycles. The number of rotatable bonds is 5. The van der Waals surface area contributed by atoms with Gasteiger partial charge in [-0.05, 0) is 42.0 Å². The molecule has 2 N–H and O–H groups in total. The van der Waals surface area contributed by atoms with Crippen LogP contribution in [0.3, 0.4) is 0 Å². The summed E-state index contributed by atoms with van der Waals surface area (Å²) in [5.41, 5.74) is 2.35. The Morgan fingerprint density at radius 1 is 0.879 bits per heavy atom. The van der Waals surface area contributed by atoms with Gasteiger partial charge < -0.3 is 10.4 Å². The maximum atomic E-state index is 13.5. The van der Waals surface area contributed by atoms with Gasteiger partial charge in [-0.3, -0.25) is 24.3 Å². The Kier molecular flexibility index (Phi) is 5.06. The molecule has 4 aromatic rings. The van der Waals surface area contributed by atoms with Crippen molar-refractivity contribution in [2.24, 2.45) is 0 Å². The standard InChI is InChI=1S/C26H19N3O4/c30-18-12-10-16(11-13-18)15-22(29-25(32)19-7-1-2-8-20(19)26(29)33)24(31)28-21-9-3-5-17-6-4-14-27-23(17)21/h1-14,22,30H,15H2,(H,28,31)/t22-/m0/s1. The van der Waals surface area contributed by atoms with Gasteiger partial charge in [0.1, 0.15) is 11.8 Å². The number of nitrogens with zero attached hydrogens (tertiary/aromatic N) is 2. The van der Waals surface area contributed by atoms with E-state index in [1.165, 1.54) is 12.1 Å². The summed E-state index contributed by atoms with van der Waals surface area (Å²) in [6.07, 6.45) is 1.73. The van der Waals surface area contributed by atoms with Crippen LogP contribution < -0.4 is 5.32 Å². The summed E-state index contributed by atoms with van der Waals surface area (Å²) < 4.78 is 0. The minimum atomic E-state index is -1.10. The first-order chi connectivity index (χ1) is 16.0. The SMILES string of the molecule is O=C(Nc1cccc2cccnc12)[C@H](Cc1ccc(O)cc1)N1C(=O)c2ccccc2C1=O. The van der Waals surface area contributed by atoms with Crippen LogP contribution >= 0.6 is 0 Å². The summed E-state index contributed by atoms with van der Waals surface area (Å²) in [5, 5.41) is 13.3. The number of amides is 3. The van der Waals surface area contributed by atoms with Gasteiger partial charge in [-0.25, -0.2) is 0 Å². The first-order valence-corrected chi connectivity index (χ1v) is 10.4. The molecule has 1 aromatic heterocycles. The number of aromatic nitrogens is 1. The third kappa shape index (κ3) is 3.70. The maximum Gasteiger partial charge on any atom is 0.262 e. The first kappa shape index (κ1) is 20.4. The van der Waals surface area contributed by atoms with E-state index in [1.54, 1.807) is 60.8 Å². The highest BCUT2D eigenvalue weighted by Crippen LogP contribution is 2.28. The van der Waals surface area contributed by atoms with Gasteiger partial charge >= 0.3 is 0 Å². The van der Waals surface area contributed by atoms with Crippen molar-refractivity contribution in [2.45, 2.75) is 12.5 Å². The highest BCUT2D eigenvalue weighted by molar-refractivity contribution is 6.23. The van der Waals surface area contributed by atoms with Crippen LogP contribution in [0.15, 0.2) is 85.1 Å². The number of pyridine rings is 1. The number of fused-ring (bicyclic) bond motifs is 2. The molecular formula is C26H19N3O4. The van der Waals surface area contributed by atoms with Crippen molar-refractivity contribution in [1.82, 2.24) is 9.88 Å². The monoisotopic (exact) mass is 437 g/mol. The van der Waals surface area contributed by atoms with Gasteiger partial charge in [0, 0.05) is 18.0 Å². The number of aromatic hydroxyl groups is 1. The molecule has 1 atom stereocenters. The van der Waals surface area contributed by atoms with Gasteiger partial charge in [0.2, 0.25) is 5.91 Å². The van der Waals surface area contributed by atoms with E-state index in [2.05, 4.69) is 10.3 Å². The van der Waals surface area contributed by atoms with Crippen LogP contribution in [0.5, 0.6) is 5.75 Å². The molecule has 0 unspecified atom stereocenters. The van der Waals surface area contributed by atoms with Gasteiger partial charge in [0.05, 0.1) is 22.3 Å². The highest BCUT2D eigenvalue weighted by Gasteiger charge is 2.42. The van der Waals surface area contributed by atoms with Gasteiger partial charge in [-0.15, -0.1) is 0 Å². The number of benzene rings is 3. The van der Waals surface area contributed by atoms with E-state index in [0.29, 0.717) is 16.8 Å². The fourth-order valence-corrected chi connectivity index (χ4v) is 4.07. The van der Waals surface area contributed by atoms with Crippen molar-refractivity contribution >= 4 is 34.3 Å². The Morgan fingerprint density at radius 3 is 2.24 bits per heavy atom. The summed E-state index contributed by atoms with van der Waals surface area (Å²) in [7, 11) is 0. The van der Waals surface area contributed by atoms with Crippen molar-refractivity contribution < 1.29 is 19.5 Å².